The molecule has 1 aliphatic rings. The predicted octanol–water partition coefficient (Wildman–Crippen LogP) is 1.05. The topological polar surface area (TPSA) is 53.0 Å². The summed E-state index contributed by atoms with van der Waals surface area (Å²) < 4.78 is 19.0. The van der Waals surface area contributed by atoms with Crippen LogP contribution in [0.3, 0.4) is 0 Å². The van der Waals surface area contributed by atoms with E-state index in [-0.39, 0.29) is 0 Å². The number of hydrogen-bond donors (Lipinski definition) is 2. The molecule has 2 N–H and O–H groups in total. The summed E-state index contributed by atoms with van der Waals surface area (Å²) in [5.74, 6) is 1.57. The molecular weight excluding hydrogens is 172 g/mol. The molecule has 0 radical (unpaired) electrons. The standard InChI is InChI=1S/C8H18N2OS/c1-2-12(9,11)7-8-4-3-5-10-6-8/h8-10H,2-7H2,1H3. The second-order valence-electron chi connectivity index (χ2n) is 3.48. The van der Waals surface area contributed by atoms with Crippen molar-refractivity contribution < 1.29 is 4.21 Å². The van der Waals surface area contributed by atoms with Crippen molar-refractivity contribution in [2.45, 2.75) is 19.8 Å². The Bertz CT molecular complexity index is 217. The highest BCUT2D eigenvalue weighted by Crippen LogP contribution is 2.12. The summed E-state index contributed by atoms with van der Waals surface area (Å²) in [6, 6.07) is 0. The van der Waals surface area contributed by atoms with Gasteiger partial charge in [-0.3, -0.25) is 4.78 Å². The summed E-state index contributed by atoms with van der Waals surface area (Å²) in [7, 11) is -2.26. The molecule has 0 bridgehead atoms. The molecule has 1 aliphatic heterocycles. The SMILES string of the molecule is CCS(=N)(=O)CC1CCCNC1. The normalized spacial score (nSPS) is 29.6. The second-order valence-corrected chi connectivity index (χ2v) is 6.01. The Labute approximate surface area is 74.9 Å². The Balaban J connectivity index is 2.39. The lowest BCUT2D eigenvalue weighted by Gasteiger charge is -2.22. The van der Waals surface area contributed by atoms with Crippen molar-refractivity contribution in [1.29, 1.82) is 4.78 Å². The van der Waals surface area contributed by atoms with E-state index in [0.29, 0.717) is 17.4 Å². The van der Waals surface area contributed by atoms with Crippen LogP contribution in [0.5, 0.6) is 0 Å². The molecule has 2 unspecified atom stereocenters. The van der Waals surface area contributed by atoms with Crippen LogP contribution in [0.15, 0.2) is 0 Å². The third kappa shape index (κ3) is 3.11. The monoisotopic (exact) mass is 190 g/mol. The van der Waals surface area contributed by atoms with Crippen molar-refractivity contribution in [3.8, 4) is 0 Å². The van der Waals surface area contributed by atoms with Gasteiger partial charge in [-0.1, -0.05) is 6.92 Å². The molecule has 4 heteroatoms. The van der Waals surface area contributed by atoms with Gasteiger partial charge in [-0.05, 0) is 31.8 Å². The summed E-state index contributed by atoms with van der Waals surface area (Å²) in [4.78, 5) is 0. The zero-order chi connectivity index (χ0) is 9.03. The zero-order valence-electron chi connectivity index (χ0n) is 7.64. The summed E-state index contributed by atoms with van der Waals surface area (Å²) in [6.07, 6.45) is 2.31. The first-order valence-corrected chi connectivity index (χ1v) is 6.48. The van der Waals surface area contributed by atoms with Gasteiger partial charge in [0.05, 0.1) is 0 Å². The van der Waals surface area contributed by atoms with Crippen molar-refractivity contribution in [3.63, 3.8) is 0 Å². The van der Waals surface area contributed by atoms with Gasteiger partial charge in [0, 0.05) is 21.2 Å². The van der Waals surface area contributed by atoms with Crippen molar-refractivity contribution in [2.24, 2.45) is 5.92 Å². The highest BCUT2D eigenvalue weighted by molar-refractivity contribution is 7.92. The minimum atomic E-state index is -2.26. The molecule has 1 heterocycles. The first kappa shape index (κ1) is 9.99. The van der Waals surface area contributed by atoms with Crippen LogP contribution in [0.25, 0.3) is 0 Å². The lowest BCUT2D eigenvalue weighted by Crippen LogP contribution is -2.33. The summed E-state index contributed by atoms with van der Waals surface area (Å²) in [5, 5.41) is 3.27. The molecule has 0 spiro atoms. The van der Waals surface area contributed by atoms with Gasteiger partial charge in [-0.25, -0.2) is 4.21 Å². The maximum absolute atomic E-state index is 11.5. The Morgan fingerprint density at radius 1 is 1.67 bits per heavy atom. The highest BCUT2D eigenvalue weighted by atomic mass is 32.2. The third-order valence-corrected chi connectivity index (χ3v) is 4.31. The Morgan fingerprint density at radius 3 is 2.92 bits per heavy atom. The average Bonchev–Trinajstić information content (AvgIpc) is 2.06. The van der Waals surface area contributed by atoms with E-state index in [1.165, 1.54) is 6.42 Å². The molecule has 12 heavy (non-hydrogen) atoms. The van der Waals surface area contributed by atoms with Gasteiger partial charge < -0.3 is 5.32 Å². The molecule has 0 aromatic heterocycles. The van der Waals surface area contributed by atoms with Crippen LogP contribution >= 0.6 is 0 Å². The number of hydrogen-bond acceptors (Lipinski definition) is 3. The fourth-order valence-corrected chi connectivity index (χ4v) is 2.85. The molecule has 1 fully saturated rings. The Morgan fingerprint density at radius 2 is 2.42 bits per heavy atom. The Kier molecular flexibility index (Phi) is 3.53. The van der Waals surface area contributed by atoms with E-state index in [4.69, 9.17) is 4.78 Å². The van der Waals surface area contributed by atoms with E-state index >= 15 is 0 Å². The Hall–Kier alpha value is -0.0900. The second kappa shape index (κ2) is 4.23. The van der Waals surface area contributed by atoms with E-state index in [1.54, 1.807) is 0 Å². The first-order valence-electron chi connectivity index (χ1n) is 4.59. The van der Waals surface area contributed by atoms with E-state index < -0.39 is 9.73 Å². The van der Waals surface area contributed by atoms with Crippen LogP contribution < -0.4 is 5.32 Å². The summed E-state index contributed by atoms with van der Waals surface area (Å²) >= 11 is 0. The van der Waals surface area contributed by atoms with Crippen LogP contribution in [0.4, 0.5) is 0 Å². The van der Waals surface area contributed by atoms with E-state index in [2.05, 4.69) is 5.32 Å². The predicted molar refractivity (Wildman–Crippen MR) is 51.9 cm³/mol. The fraction of sp³-hybridized carbons (Fsp3) is 1.00. The first-order chi connectivity index (χ1) is 5.64. The molecule has 1 rings (SSSR count). The molecule has 72 valence electrons. The smallest absolute Gasteiger partial charge is 0.0441 e. The van der Waals surface area contributed by atoms with E-state index in [9.17, 15) is 4.21 Å². The van der Waals surface area contributed by atoms with Gasteiger partial charge in [0.2, 0.25) is 0 Å². The summed E-state index contributed by atoms with van der Waals surface area (Å²) in [5.41, 5.74) is 0. The van der Waals surface area contributed by atoms with Crippen molar-refractivity contribution in [1.82, 2.24) is 5.32 Å². The molecule has 3 nitrogen and oxygen atoms in total. The number of rotatable bonds is 3. The maximum atomic E-state index is 11.5. The summed E-state index contributed by atoms with van der Waals surface area (Å²) in [6.45, 7) is 3.88. The molecule has 2 atom stereocenters. The van der Waals surface area contributed by atoms with Gasteiger partial charge in [0.1, 0.15) is 0 Å². The van der Waals surface area contributed by atoms with Gasteiger partial charge in [-0.2, -0.15) is 0 Å². The molecule has 0 aromatic rings. The average molecular weight is 190 g/mol. The molecule has 0 saturated carbocycles. The molecule has 0 aromatic carbocycles. The van der Waals surface area contributed by atoms with Crippen molar-refractivity contribution >= 4 is 9.73 Å². The quantitative estimate of drug-likeness (QED) is 0.699. The zero-order valence-corrected chi connectivity index (χ0v) is 8.45. The minimum absolute atomic E-state index is 0.476. The molecule has 1 saturated heterocycles. The third-order valence-electron chi connectivity index (χ3n) is 2.37. The van der Waals surface area contributed by atoms with Gasteiger partial charge in [0.15, 0.2) is 0 Å². The fourth-order valence-electron chi connectivity index (χ4n) is 1.56. The highest BCUT2D eigenvalue weighted by Gasteiger charge is 2.17. The van der Waals surface area contributed by atoms with E-state index in [0.717, 1.165) is 19.5 Å². The number of piperidine rings is 1. The lowest BCUT2D eigenvalue weighted by molar-refractivity contribution is 0.407. The molecule has 0 amide bonds. The van der Waals surface area contributed by atoms with Crippen LogP contribution in [0.1, 0.15) is 19.8 Å². The van der Waals surface area contributed by atoms with Gasteiger partial charge in [-0.15, -0.1) is 0 Å². The van der Waals surface area contributed by atoms with Gasteiger partial charge >= 0.3 is 0 Å². The molecular formula is C8H18N2OS. The van der Waals surface area contributed by atoms with E-state index in [1.807, 2.05) is 6.92 Å². The van der Waals surface area contributed by atoms with Crippen LogP contribution in [0.2, 0.25) is 0 Å². The van der Waals surface area contributed by atoms with Gasteiger partial charge in [0.25, 0.3) is 0 Å². The molecule has 0 aliphatic carbocycles. The maximum Gasteiger partial charge on any atom is 0.0441 e. The van der Waals surface area contributed by atoms with Crippen LogP contribution in [-0.2, 0) is 9.73 Å². The van der Waals surface area contributed by atoms with Crippen molar-refractivity contribution in [2.75, 3.05) is 24.6 Å². The van der Waals surface area contributed by atoms with Crippen LogP contribution in [-0.4, -0.2) is 28.8 Å². The largest absolute Gasteiger partial charge is 0.316 e. The lowest BCUT2D eigenvalue weighted by atomic mass is 10.0. The van der Waals surface area contributed by atoms with Crippen molar-refractivity contribution in [3.05, 3.63) is 0 Å². The minimum Gasteiger partial charge on any atom is -0.316 e. The number of nitrogens with one attached hydrogen (secondary N) is 2. The van der Waals surface area contributed by atoms with Crippen LogP contribution in [0, 0.1) is 10.7 Å².